The highest BCUT2D eigenvalue weighted by Gasteiger charge is 2.26. The number of nitrogens with zero attached hydrogens (tertiary/aromatic N) is 1. The fourth-order valence-corrected chi connectivity index (χ4v) is 3.32. The second-order valence-electron chi connectivity index (χ2n) is 5.38. The molecule has 1 saturated carbocycles. The normalized spacial score (nSPS) is 24.0. The molecule has 2 nitrogen and oxygen atoms in total. The summed E-state index contributed by atoms with van der Waals surface area (Å²) in [6.07, 6.45) is 5.21. The van der Waals surface area contributed by atoms with Gasteiger partial charge >= 0.3 is 0 Å². The van der Waals surface area contributed by atoms with Gasteiger partial charge in [0.15, 0.2) is 0 Å². The molecule has 0 heterocycles. The lowest BCUT2D eigenvalue weighted by molar-refractivity contribution is 0.282. The van der Waals surface area contributed by atoms with E-state index >= 15 is 0 Å². The van der Waals surface area contributed by atoms with E-state index < -0.39 is 0 Å². The van der Waals surface area contributed by atoms with Gasteiger partial charge in [0.2, 0.25) is 0 Å². The summed E-state index contributed by atoms with van der Waals surface area (Å²) in [7, 11) is 2.13. The van der Waals surface area contributed by atoms with Crippen molar-refractivity contribution in [3.8, 4) is 0 Å². The standard InChI is InChI=1S/C15H22ClNO/c1-11-5-3-4-6-14(11)17(2)15-8-7-12(10-18)9-13(15)16/h7-9,11,14,18H,3-6,10H2,1-2H3. The van der Waals surface area contributed by atoms with Crippen molar-refractivity contribution in [2.45, 2.75) is 45.3 Å². The van der Waals surface area contributed by atoms with Crippen LogP contribution in [0.2, 0.25) is 5.02 Å². The zero-order chi connectivity index (χ0) is 13.1. The van der Waals surface area contributed by atoms with E-state index in [-0.39, 0.29) is 6.61 Å². The lowest BCUT2D eigenvalue weighted by atomic mass is 9.85. The number of halogens is 1. The highest BCUT2D eigenvalue weighted by atomic mass is 35.5. The molecule has 1 N–H and O–H groups in total. The van der Waals surface area contributed by atoms with E-state index in [9.17, 15) is 0 Å². The van der Waals surface area contributed by atoms with E-state index in [1.165, 1.54) is 25.7 Å². The predicted octanol–water partition coefficient (Wildman–Crippen LogP) is 3.85. The molecule has 18 heavy (non-hydrogen) atoms. The minimum atomic E-state index is 0.0452. The Bertz CT molecular complexity index is 407. The van der Waals surface area contributed by atoms with Crippen molar-refractivity contribution in [1.29, 1.82) is 0 Å². The molecule has 100 valence electrons. The first-order chi connectivity index (χ1) is 8.63. The van der Waals surface area contributed by atoms with Crippen LogP contribution in [-0.4, -0.2) is 18.2 Å². The van der Waals surface area contributed by atoms with Gasteiger partial charge in [0.05, 0.1) is 17.3 Å². The van der Waals surface area contributed by atoms with Gasteiger partial charge in [-0.05, 0) is 36.5 Å². The minimum absolute atomic E-state index is 0.0452. The first-order valence-electron chi connectivity index (χ1n) is 6.75. The summed E-state index contributed by atoms with van der Waals surface area (Å²) >= 11 is 6.32. The number of rotatable bonds is 3. The topological polar surface area (TPSA) is 23.5 Å². The Morgan fingerprint density at radius 2 is 2.06 bits per heavy atom. The maximum Gasteiger partial charge on any atom is 0.0682 e. The largest absolute Gasteiger partial charge is 0.392 e. The molecule has 0 aliphatic heterocycles. The molecule has 2 atom stereocenters. The van der Waals surface area contributed by atoms with Crippen molar-refractivity contribution in [2.24, 2.45) is 5.92 Å². The maximum atomic E-state index is 9.11. The summed E-state index contributed by atoms with van der Waals surface area (Å²) in [5, 5.41) is 9.85. The molecule has 1 aromatic rings. The average molecular weight is 268 g/mol. The van der Waals surface area contributed by atoms with Crippen LogP contribution in [0.5, 0.6) is 0 Å². The molecule has 0 spiro atoms. The number of hydrogen-bond donors (Lipinski definition) is 1. The van der Waals surface area contributed by atoms with Crippen LogP contribution in [0.15, 0.2) is 18.2 Å². The van der Waals surface area contributed by atoms with Gasteiger partial charge in [-0.25, -0.2) is 0 Å². The van der Waals surface area contributed by atoms with Gasteiger partial charge in [-0.15, -0.1) is 0 Å². The highest BCUT2D eigenvalue weighted by Crippen LogP contribution is 2.34. The summed E-state index contributed by atoms with van der Waals surface area (Å²) in [5.41, 5.74) is 1.95. The molecule has 0 bridgehead atoms. The van der Waals surface area contributed by atoms with Crippen LogP contribution in [0.25, 0.3) is 0 Å². The van der Waals surface area contributed by atoms with Gasteiger partial charge in [-0.3, -0.25) is 0 Å². The predicted molar refractivity (Wildman–Crippen MR) is 77.2 cm³/mol. The monoisotopic (exact) mass is 267 g/mol. The minimum Gasteiger partial charge on any atom is -0.392 e. The molecular formula is C15H22ClNO. The lowest BCUT2D eigenvalue weighted by Gasteiger charge is -2.38. The Morgan fingerprint density at radius 1 is 1.33 bits per heavy atom. The van der Waals surface area contributed by atoms with E-state index in [1.54, 1.807) is 0 Å². The molecule has 2 unspecified atom stereocenters. The van der Waals surface area contributed by atoms with E-state index in [0.717, 1.165) is 22.2 Å². The first kappa shape index (κ1) is 13.7. The Balaban J connectivity index is 2.19. The van der Waals surface area contributed by atoms with Gasteiger partial charge in [-0.2, -0.15) is 0 Å². The summed E-state index contributed by atoms with van der Waals surface area (Å²) in [5.74, 6) is 0.720. The third-order valence-electron chi connectivity index (χ3n) is 4.14. The number of hydrogen-bond acceptors (Lipinski definition) is 2. The van der Waals surface area contributed by atoms with Crippen LogP contribution in [0.3, 0.4) is 0 Å². The zero-order valence-corrected chi connectivity index (χ0v) is 12.0. The van der Waals surface area contributed by atoms with Gasteiger partial charge in [0.1, 0.15) is 0 Å². The molecular weight excluding hydrogens is 246 g/mol. The molecule has 1 aromatic carbocycles. The summed E-state index contributed by atoms with van der Waals surface area (Å²) in [6, 6.07) is 6.41. The molecule has 0 amide bonds. The average Bonchev–Trinajstić information content (AvgIpc) is 2.38. The number of anilines is 1. The van der Waals surface area contributed by atoms with Gasteiger partial charge in [0.25, 0.3) is 0 Å². The van der Waals surface area contributed by atoms with Crippen LogP contribution < -0.4 is 4.90 Å². The number of aliphatic hydroxyl groups excluding tert-OH is 1. The Labute approximate surface area is 115 Å². The fourth-order valence-electron chi connectivity index (χ4n) is 2.99. The molecule has 0 radical (unpaired) electrons. The second-order valence-corrected chi connectivity index (χ2v) is 5.79. The van der Waals surface area contributed by atoms with Crippen LogP contribution >= 0.6 is 11.6 Å². The van der Waals surface area contributed by atoms with Gasteiger partial charge in [-0.1, -0.05) is 37.4 Å². The SMILES string of the molecule is CC1CCCCC1N(C)c1ccc(CO)cc1Cl. The van der Waals surface area contributed by atoms with E-state index in [2.05, 4.69) is 18.9 Å². The molecule has 0 aromatic heterocycles. The number of benzene rings is 1. The smallest absolute Gasteiger partial charge is 0.0682 e. The summed E-state index contributed by atoms with van der Waals surface area (Å²) in [6.45, 7) is 2.37. The van der Waals surface area contributed by atoms with Crippen LogP contribution in [-0.2, 0) is 6.61 Å². The third-order valence-corrected chi connectivity index (χ3v) is 4.44. The lowest BCUT2D eigenvalue weighted by Crippen LogP contribution is -2.39. The molecule has 1 aliphatic rings. The summed E-state index contributed by atoms with van der Waals surface area (Å²) in [4.78, 5) is 2.31. The van der Waals surface area contributed by atoms with E-state index in [0.29, 0.717) is 6.04 Å². The Hall–Kier alpha value is -0.730. The Kier molecular flexibility index (Phi) is 4.52. The molecule has 1 fully saturated rings. The van der Waals surface area contributed by atoms with Crippen molar-refractivity contribution in [2.75, 3.05) is 11.9 Å². The molecule has 3 heteroatoms. The molecule has 1 aliphatic carbocycles. The van der Waals surface area contributed by atoms with Crippen molar-refractivity contribution in [3.63, 3.8) is 0 Å². The van der Waals surface area contributed by atoms with E-state index in [1.807, 2.05) is 18.2 Å². The van der Waals surface area contributed by atoms with Crippen molar-refractivity contribution >= 4 is 17.3 Å². The van der Waals surface area contributed by atoms with Crippen LogP contribution in [0.4, 0.5) is 5.69 Å². The van der Waals surface area contributed by atoms with Crippen molar-refractivity contribution in [1.82, 2.24) is 0 Å². The van der Waals surface area contributed by atoms with Crippen LogP contribution in [0, 0.1) is 5.92 Å². The van der Waals surface area contributed by atoms with Crippen molar-refractivity contribution < 1.29 is 5.11 Å². The second kappa shape index (κ2) is 5.94. The zero-order valence-electron chi connectivity index (χ0n) is 11.2. The third kappa shape index (κ3) is 2.81. The van der Waals surface area contributed by atoms with Gasteiger partial charge < -0.3 is 10.0 Å². The van der Waals surface area contributed by atoms with Gasteiger partial charge in [0, 0.05) is 13.1 Å². The highest BCUT2D eigenvalue weighted by molar-refractivity contribution is 6.33. The first-order valence-corrected chi connectivity index (χ1v) is 7.13. The molecule has 0 saturated heterocycles. The summed E-state index contributed by atoms with van der Waals surface area (Å²) < 4.78 is 0. The maximum absolute atomic E-state index is 9.11. The fraction of sp³-hybridized carbons (Fsp3) is 0.600. The Morgan fingerprint density at radius 3 is 2.67 bits per heavy atom. The van der Waals surface area contributed by atoms with E-state index in [4.69, 9.17) is 16.7 Å². The number of aliphatic hydroxyl groups is 1. The van der Waals surface area contributed by atoms with Crippen molar-refractivity contribution in [3.05, 3.63) is 28.8 Å². The molecule has 2 rings (SSSR count). The quantitative estimate of drug-likeness (QED) is 0.899. The van der Waals surface area contributed by atoms with Crippen LogP contribution in [0.1, 0.15) is 38.2 Å².